The van der Waals surface area contributed by atoms with E-state index in [1.807, 2.05) is 66.9 Å². The van der Waals surface area contributed by atoms with Gasteiger partial charge in [-0.25, -0.2) is 15.0 Å². The van der Waals surface area contributed by atoms with E-state index in [4.69, 9.17) is 24.4 Å². The number of fused-ring (bicyclic) bond motifs is 6. The zero-order chi connectivity index (χ0) is 37.0. The Morgan fingerprint density at radius 3 is 1.57 bits per heavy atom. The molecule has 0 unspecified atom stereocenters. The zero-order valence-electron chi connectivity index (χ0n) is 30.0. The van der Waals surface area contributed by atoms with E-state index in [1.54, 1.807) is 0 Å². The van der Waals surface area contributed by atoms with Gasteiger partial charge in [-0.1, -0.05) is 133 Å². The van der Waals surface area contributed by atoms with Crippen LogP contribution in [0.5, 0.6) is 0 Å². The topological polar surface area (TPSA) is 69.6 Å². The van der Waals surface area contributed by atoms with Crippen LogP contribution in [0.3, 0.4) is 0 Å². The summed E-state index contributed by atoms with van der Waals surface area (Å²) in [6.07, 6.45) is 1.86. The van der Waals surface area contributed by atoms with Gasteiger partial charge in [0.25, 0.3) is 0 Å². The second-order valence-corrected chi connectivity index (χ2v) is 13.9. The molecule has 0 N–H and O–H groups in total. The molecule has 0 radical (unpaired) electrons. The predicted molar refractivity (Wildman–Crippen MR) is 226 cm³/mol. The van der Waals surface area contributed by atoms with Crippen molar-refractivity contribution >= 4 is 43.9 Å². The fourth-order valence-corrected chi connectivity index (χ4v) is 7.85. The predicted octanol–water partition coefficient (Wildman–Crippen LogP) is 12.6. The first kappa shape index (κ1) is 31.8. The van der Waals surface area contributed by atoms with Crippen LogP contribution in [0.25, 0.3) is 106 Å². The van der Waals surface area contributed by atoms with Crippen molar-refractivity contribution in [2.24, 2.45) is 0 Å². The smallest absolute Gasteiger partial charge is 0.164 e. The fraction of sp³-hybridized carbons (Fsp3) is 0. The van der Waals surface area contributed by atoms with Crippen molar-refractivity contribution in [1.29, 1.82) is 0 Å². The molecule has 0 spiro atoms. The van der Waals surface area contributed by atoms with Crippen LogP contribution in [0.4, 0.5) is 0 Å². The molecule has 0 saturated carbocycles. The van der Waals surface area contributed by atoms with E-state index in [0.29, 0.717) is 17.5 Å². The molecule has 0 aliphatic heterocycles. The van der Waals surface area contributed by atoms with E-state index >= 15 is 0 Å². The summed E-state index contributed by atoms with van der Waals surface area (Å²) in [5.41, 5.74) is 12.4. The van der Waals surface area contributed by atoms with E-state index in [9.17, 15) is 0 Å². The maximum Gasteiger partial charge on any atom is 0.164 e. The SMILES string of the molecule is c1ccc(-c2ccc(-c3nc(-c4ccccc4)nc(-c4cc(-c5ccnc6c5oc5ccccc56)cc(-n5c6ccccc6c6ccccc65)c4)n3)cc2)cc1. The van der Waals surface area contributed by atoms with Gasteiger partial charge in [0.15, 0.2) is 23.1 Å². The van der Waals surface area contributed by atoms with Crippen LogP contribution in [0.2, 0.25) is 0 Å². The lowest BCUT2D eigenvalue weighted by molar-refractivity contribution is 0.669. The average Bonchev–Trinajstić information content (AvgIpc) is 3.83. The molecule has 0 fully saturated rings. The van der Waals surface area contributed by atoms with Gasteiger partial charge in [-0.05, 0) is 65.2 Å². The third-order valence-corrected chi connectivity index (χ3v) is 10.5. The Hall–Kier alpha value is -7.70. The largest absolute Gasteiger partial charge is 0.454 e. The minimum absolute atomic E-state index is 0.569. The average molecular weight is 718 g/mol. The van der Waals surface area contributed by atoms with Gasteiger partial charge >= 0.3 is 0 Å². The minimum Gasteiger partial charge on any atom is -0.454 e. The molecule has 6 nitrogen and oxygen atoms in total. The number of aromatic nitrogens is 5. The lowest BCUT2D eigenvalue weighted by atomic mass is 10.0. The monoisotopic (exact) mass is 717 g/mol. The number of para-hydroxylation sites is 3. The first-order chi connectivity index (χ1) is 27.7. The summed E-state index contributed by atoms with van der Waals surface area (Å²) in [6.45, 7) is 0. The number of furan rings is 1. The number of benzene rings is 7. The molecule has 262 valence electrons. The Morgan fingerprint density at radius 2 is 0.893 bits per heavy atom. The summed E-state index contributed by atoms with van der Waals surface area (Å²) in [5.74, 6) is 1.77. The molecule has 0 saturated heterocycles. The molecule has 0 amide bonds. The van der Waals surface area contributed by atoms with Crippen molar-refractivity contribution in [2.45, 2.75) is 0 Å². The molecule has 0 aliphatic rings. The van der Waals surface area contributed by atoms with Gasteiger partial charge in [0.05, 0.1) is 11.0 Å². The van der Waals surface area contributed by atoms with Gasteiger partial charge in [-0.2, -0.15) is 0 Å². The molecule has 11 rings (SSSR count). The Balaban J connectivity index is 1.17. The maximum absolute atomic E-state index is 6.54. The molecule has 0 atom stereocenters. The molecule has 7 aromatic carbocycles. The highest BCUT2D eigenvalue weighted by Gasteiger charge is 2.20. The van der Waals surface area contributed by atoms with E-state index < -0.39 is 0 Å². The summed E-state index contributed by atoms with van der Waals surface area (Å²) in [5, 5.41) is 3.36. The highest BCUT2D eigenvalue weighted by Crippen LogP contribution is 2.39. The van der Waals surface area contributed by atoms with Crippen LogP contribution < -0.4 is 0 Å². The minimum atomic E-state index is 0.569. The molecule has 11 aromatic rings. The number of nitrogens with zero attached hydrogens (tertiary/aromatic N) is 5. The van der Waals surface area contributed by atoms with Gasteiger partial charge in [-0.15, -0.1) is 0 Å². The van der Waals surface area contributed by atoms with Gasteiger partial charge in [0.2, 0.25) is 0 Å². The maximum atomic E-state index is 6.54. The van der Waals surface area contributed by atoms with Crippen LogP contribution in [0.15, 0.2) is 193 Å². The van der Waals surface area contributed by atoms with Crippen molar-refractivity contribution in [2.75, 3.05) is 0 Å². The van der Waals surface area contributed by atoms with E-state index in [2.05, 4.69) is 126 Å². The lowest BCUT2D eigenvalue weighted by Gasteiger charge is -2.14. The van der Waals surface area contributed by atoms with Gasteiger partial charge in [0, 0.05) is 50.3 Å². The van der Waals surface area contributed by atoms with Crippen molar-refractivity contribution in [3.63, 3.8) is 0 Å². The Kier molecular flexibility index (Phi) is 7.38. The third kappa shape index (κ3) is 5.35. The van der Waals surface area contributed by atoms with Crippen molar-refractivity contribution in [3.05, 3.63) is 188 Å². The Labute approximate surface area is 322 Å². The van der Waals surface area contributed by atoms with Crippen LogP contribution in [-0.4, -0.2) is 24.5 Å². The third-order valence-electron chi connectivity index (χ3n) is 10.5. The number of hydrogen-bond donors (Lipinski definition) is 0. The summed E-state index contributed by atoms with van der Waals surface area (Å²) in [7, 11) is 0. The molecule has 4 aromatic heterocycles. The molecule has 0 bridgehead atoms. The molecule has 4 heterocycles. The molecule has 0 aliphatic carbocycles. The first-order valence-corrected chi connectivity index (χ1v) is 18.6. The summed E-state index contributed by atoms with van der Waals surface area (Å²) < 4.78 is 8.87. The summed E-state index contributed by atoms with van der Waals surface area (Å²) >= 11 is 0. The lowest BCUT2D eigenvalue weighted by Crippen LogP contribution is -2.02. The van der Waals surface area contributed by atoms with Gasteiger partial charge < -0.3 is 8.98 Å². The van der Waals surface area contributed by atoms with E-state index in [0.717, 1.165) is 77.7 Å². The molecule has 56 heavy (non-hydrogen) atoms. The summed E-state index contributed by atoms with van der Waals surface area (Å²) in [6, 6.07) is 62.7. The number of pyridine rings is 1. The highest BCUT2D eigenvalue weighted by atomic mass is 16.3. The van der Waals surface area contributed by atoms with Crippen molar-refractivity contribution in [3.8, 4) is 62.1 Å². The Bertz CT molecular complexity index is 3190. The van der Waals surface area contributed by atoms with Crippen LogP contribution in [0, 0.1) is 0 Å². The van der Waals surface area contributed by atoms with Crippen molar-refractivity contribution in [1.82, 2.24) is 24.5 Å². The second-order valence-electron chi connectivity index (χ2n) is 13.9. The standard InChI is InChI=1S/C50H31N5O/c1-3-13-32(14-4-1)33-23-25-35(26-24-33)49-52-48(34-15-5-2-6-16-34)53-50(54-49)37-29-36(39-27-28-51-46-42-19-9-12-22-45(42)56-47(39)46)30-38(31-37)55-43-20-10-7-17-40(43)41-18-8-11-21-44(41)55/h1-31H. The second kappa shape index (κ2) is 13.0. The molecular weight excluding hydrogens is 687 g/mol. The summed E-state index contributed by atoms with van der Waals surface area (Å²) in [4.78, 5) is 20.2. The quantitative estimate of drug-likeness (QED) is 0.171. The van der Waals surface area contributed by atoms with Crippen LogP contribution >= 0.6 is 0 Å². The number of rotatable bonds is 6. The van der Waals surface area contributed by atoms with E-state index in [1.165, 1.54) is 10.8 Å². The fourth-order valence-electron chi connectivity index (χ4n) is 7.85. The zero-order valence-corrected chi connectivity index (χ0v) is 30.0. The molecule has 6 heteroatoms. The normalized spacial score (nSPS) is 11.6. The van der Waals surface area contributed by atoms with Crippen LogP contribution in [0.1, 0.15) is 0 Å². The van der Waals surface area contributed by atoms with E-state index in [-0.39, 0.29) is 0 Å². The number of hydrogen-bond acceptors (Lipinski definition) is 5. The van der Waals surface area contributed by atoms with Crippen molar-refractivity contribution < 1.29 is 4.42 Å². The Morgan fingerprint density at radius 1 is 0.393 bits per heavy atom. The first-order valence-electron chi connectivity index (χ1n) is 18.6. The van der Waals surface area contributed by atoms with Crippen LogP contribution in [-0.2, 0) is 0 Å². The highest BCUT2D eigenvalue weighted by molar-refractivity contribution is 6.10. The molecular formula is C50H31N5O. The van der Waals surface area contributed by atoms with Gasteiger partial charge in [0.1, 0.15) is 11.1 Å². The van der Waals surface area contributed by atoms with Gasteiger partial charge in [-0.3, -0.25) is 4.98 Å².